The van der Waals surface area contributed by atoms with Crippen molar-refractivity contribution in [2.45, 2.75) is 13.0 Å². The van der Waals surface area contributed by atoms with E-state index in [1.165, 1.54) is 0 Å². The van der Waals surface area contributed by atoms with Gasteiger partial charge >= 0.3 is 0 Å². The Hall–Kier alpha value is -2.58. The third-order valence-corrected chi connectivity index (χ3v) is 2.65. The van der Waals surface area contributed by atoms with Crippen molar-refractivity contribution in [1.82, 2.24) is 10.3 Å². The Morgan fingerprint density at radius 1 is 1.50 bits per heavy atom. The minimum Gasteiger partial charge on any atom is -0.467 e. The van der Waals surface area contributed by atoms with E-state index in [2.05, 4.69) is 22.1 Å². The van der Waals surface area contributed by atoms with Gasteiger partial charge in [0.25, 0.3) is 5.91 Å². The molecule has 0 aliphatic carbocycles. The molecule has 1 unspecified atom stereocenters. The molecular formula is C15H15N3O2. The van der Waals surface area contributed by atoms with E-state index < -0.39 is 0 Å². The number of hydrogen-bond acceptors (Lipinski definition) is 4. The standard InChI is InChI=1S/C15H15N3O2/c1-11(14-5-3-9-20-14)18-15(19)13-7-6-12(10-17-13)4-2-8-16/h3,5-7,9-11H,8,16H2,1H3,(H,18,19). The van der Waals surface area contributed by atoms with Crippen LogP contribution >= 0.6 is 0 Å². The summed E-state index contributed by atoms with van der Waals surface area (Å²) in [6.07, 6.45) is 3.12. The molecule has 20 heavy (non-hydrogen) atoms. The lowest BCUT2D eigenvalue weighted by Crippen LogP contribution is -2.27. The van der Waals surface area contributed by atoms with Crippen LogP contribution in [0.15, 0.2) is 41.1 Å². The van der Waals surface area contributed by atoms with Crippen LogP contribution in [-0.4, -0.2) is 17.4 Å². The van der Waals surface area contributed by atoms with Crippen molar-refractivity contribution in [3.05, 3.63) is 53.7 Å². The second-order valence-electron chi connectivity index (χ2n) is 4.15. The van der Waals surface area contributed by atoms with Crippen molar-refractivity contribution < 1.29 is 9.21 Å². The Morgan fingerprint density at radius 3 is 2.95 bits per heavy atom. The Morgan fingerprint density at radius 2 is 2.35 bits per heavy atom. The lowest BCUT2D eigenvalue weighted by atomic mass is 10.2. The van der Waals surface area contributed by atoms with Crippen LogP contribution in [0.25, 0.3) is 0 Å². The summed E-state index contributed by atoms with van der Waals surface area (Å²) in [5.74, 6) is 6.02. The molecule has 102 valence electrons. The second-order valence-corrected chi connectivity index (χ2v) is 4.15. The second kappa shape index (κ2) is 6.55. The van der Waals surface area contributed by atoms with E-state index in [0.29, 0.717) is 18.0 Å². The van der Waals surface area contributed by atoms with Gasteiger partial charge in [-0.05, 0) is 31.2 Å². The van der Waals surface area contributed by atoms with E-state index in [1.54, 1.807) is 30.7 Å². The lowest BCUT2D eigenvalue weighted by molar-refractivity contribution is 0.0930. The number of pyridine rings is 1. The molecular weight excluding hydrogens is 254 g/mol. The van der Waals surface area contributed by atoms with Gasteiger partial charge in [0.15, 0.2) is 0 Å². The molecule has 0 fully saturated rings. The van der Waals surface area contributed by atoms with Crippen LogP contribution in [0.4, 0.5) is 0 Å². The summed E-state index contributed by atoms with van der Waals surface area (Å²) in [4.78, 5) is 16.1. The van der Waals surface area contributed by atoms with E-state index >= 15 is 0 Å². The molecule has 0 aliphatic rings. The SMILES string of the molecule is CC(NC(=O)c1ccc(C#CCN)cn1)c1ccco1. The molecule has 2 rings (SSSR count). The molecule has 0 aromatic carbocycles. The van der Waals surface area contributed by atoms with Crippen LogP contribution < -0.4 is 11.1 Å². The van der Waals surface area contributed by atoms with Gasteiger partial charge < -0.3 is 15.5 Å². The highest BCUT2D eigenvalue weighted by atomic mass is 16.3. The van der Waals surface area contributed by atoms with Gasteiger partial charge in [0.1, 0.15) is 11.5 Å². The van der Waals surface area contributed by atoms with Crippen molar-refractivity contribution in [1.29, 1.82) is 0 Å². The van der Waals surface area contributed by atoms with Gasteiger partial charge in [0.2, 0.25) is 0 Å². The molecule has 0 saturated heterocycles. The Labute approximate surface area is 117 Å². The summed E-state index contributed by atoms with van der Waals surface area (Å²) in [7, 11) is 0. The number of carbonyl (C=O) groups excluding carboxylic acids is 1. The topological polar surface area (TPSA) is 81.2 Å². The predicted octanol–water partition coefficient (Wildman–Crippen LogP) is 1.48. The molecule has 3 N–H and O–H groups in total. The number of carbonyl (C=O) groups is 1. The largest absolute Gasteiger partial charge is 0.467 e. The molecule has 5 nitrogen and oxygen atoms in total. The van der Waals surface area contributed by atoms with Gasteiger partial charge in [-0.25, -0.2) is 4.98 Å². The zero-order valence-electron chi connectivity index (χ0n) is 11.1. The van der Waals surface area contributed by atoms with E-state index in [9.17, 15) is 4.79 Å². The minimum absolute atomic E-state index is 0.212. The zero-order chi connectivity index (χ0) is 14.4. The highest BCUT2D eigenvalue weighted by Crippen LogP contribution is 2.12. The lowest BCUT2D eigenvalue weighted by Gasteiger charge is -2.10. The van der Waals surface area contributed by atoms with Crippen LogP contribution in [0.5, 0.6) is 0 Å². The number of nitrogens with zero attached hydrogens (tertiary/aromatic N) is 1. The van der Waals surface area contributed by atoms with Crippen LogP contribution in [0.3, 0.4) is 0 Å². The third kappa shape index (κ3) is 3.46. The first-order chi connectivity index (χ1) is 9.70. The summed E-state index contributed by atoms with van der Waals surface area (Å²) in [6, 6.07) is 6.74. The van der Waals surface area contributed by atoms with Gasteiger partial charge in [-0.1, -0.05) is 11.8 Å². The van der Waals surface area contributed by atoms with Gasteiger partial charge in [-0.15, -0.1) is 0 Å². The molecule has 0 radical (unpaired) electrons. The molecule has 1 amide bonds. The maximum Gasteiger partial charge on any atom is 0.270 e. The third-order valence-electron chi connectivity index (χ3n) is 2.65. The number of nitrogens with one attached hydrogen (secondary N) is 1. The van der Waals surface area contributed by atoms with Gasteiger partial charge in [-0.2, -0.15) is 0 Å². The monoisotopic (exact) mass is 269 g/mol. The van der Waals surface area contributed by atoms with Crippen LogP contribution in [-0.2, 0) is 0 Å². The predicted molar refractivity (Wildman–Crippen MR) is 74.8 cm³/mol. The smallest absolute Gasteiger partial charge is 0.270 e. The number of hydrogen-bond donors (Lipinski definition) is 2. The molecule has 2 aromatic rings. The minimum atomic E-state index is -0.257. The highest BCUT2D eigenvalue weighted by molar-refractivity contribution is 5.92. The highest BCUT2D eigenvalue weighted by Gasteiger charge is 2.13. The molecule has 2 heterocycles. The molecule has 5 heteroatoms. The molecule has 1 atom stereocenters. The van der Waals surface area contributed by atoms with E-state index in [4.69, 9.17) is 10.2 Å². The fourth-order valence-corrected chi connectivity index (χ4v) is 1.63. The quantitative estimate of drug-likeness (QED) is 0.827. The summed E-state index contributed by atoms with van der Waals surface area (Å²) in [5.41, 5.74) is 6.35. The van der Waals surface area contributed by atoms with Gasteiger partial charge in [0.05, 0.1) is 18.8 Å². The molecule has 0 bridgehead atoms. The first kappa shape index (κ1) is 13.8. The fraction of sp³-hybridized carbons (Fsp3) is 0.200. The fourth-order valence-electron chi connectivity index (χ4n) is 1.63. The molecule has 0 saturated carbocycles. The van der Waals surface area contributed by atoms with Crippen molar-refractivity contribution in [2.24, 2.45) is 5.73 Å². The number of furan rings is 1. The van der Waals surface area contributed by atoms with Crippen LogP contribution in [0.1, 0.15) is 34.8 Å². The van der Waals surface area contributed by atoms with Crippen LogP contribution in [0.2, 0.25) is 0 Å². The molecule has 0 spiro atoms. The average molecular weight is 269 g/mol. The summed E-state index contributed by atoms with van der Waals surface area (Å²) < 4.78 is 5.23. The van der Waals surface area contributed by atoms with E-state index in [-0.39, 0.29) is 11.9 Å². The molecule has 0 aliphatic heterocycles. The number of amides is 1. The Balaban J connectivity index is 2.02. The van der Waals surface area contributed by atoms with Crippen molar-refractivity contribution in [3.63, 3.8) is 0 Å². The Bertz CT molecular complexity index is 621. The first-order valence-electron chi connectivity index (χ1n) is 6.20. The summed E-state index contributed by atoms with van der Waals surface area (Å²) in [5, 5.41) is 2.81. The van der Waals surface area contributed by atoms with E-state index in [0.717, 1.165) is 5.56 Å². The molecule has 2 aromatic heterocycles. The van der Waals surface area contributed by atoms with E-state index in [1.807, 2.05) is 13.0 Å². The summed E-state index contributed by atoms with van der Waals surface area (Å²) >= 11 is 0. The Kier molecular flexibility index (Phi) is 4.53. The van der Waals surface area contributed by atoms with Gasteiger partial charge in [0, 0.05) is 11.8 Å². The number of nitrogens with two attached hydrogens (primary N) is 1. The van der Waals surface area contributed by atoms with Gasteiger partial charge in [-0.3, -0.25) is 4.79 Å². The maximum atomic E-state index is 12.0. The average Bonchev–Trinajstić information content (AvgIpc) is 3.00. The number of rotatable bonds is 3. The maximum absolute atomic E-state index is 12.0. The zero-order valence-corrected chi connectivity index (χ0v) is 11.1. The van der Waals surface area contributed by atoms with Crippen molar-refractivity contribution in [3.8, 4) is 11.8 Å². The normalized spacial score (nSPS) is 11.3. The first-order valence-corrected chi connectivity index (χ1v) is 6.20. The van der Waals surface area contributed by atoms with Crippen molar-refractivity contribution in [2.75, 3.05) is 6.54 Å². The van der Waals surface area contributed by atoms with Crippen molar-refractivity contribution >= 4 is 5.91 Å². The van der Waals surface area contributed by atoms with Crippen LogP contribution in [0, 0.1) is 11.8 Å². The number of aromatic nitrogens is 1. The summed E-state index contributed by atoms with van der Waals surface area (Å²) in [6.45, 7) is 2.14.